The van der Waals surface area contributed by atoms with Crippen LogP contribution in [0.2, 0.25) is 0 Å². The van der Waals surface area contributed by atoms with Gasteiger partial charge in [-0.25, -0.2) is 9.78 Å². The summed E-state index contributed by atoms with van der Waals surface area (Å²) in [5.74, 6) is -0.341. The highest BCUT2D eigenvalue weighted by Gasteiger charge is 2.16. The first-order valence-electron chi connectivity index (χ1n) is 5.53. The fourth-order valence-electron chi connectivity index (χ4n) is 1.49. The Hall–Kier alpha value is -1.94. The number of nitrogens with zero attached hydrogens (tertiary/aromatic N) is 1. The van der Waals surface area contributed by atoms with Crippen molar-refractivity contribution >= 4 is 17.3 Å². The van der Waals surface area contributed by atoms with Gasteiger partial charge in [-0.15, -0.1) is 11.3 Å². The van der Waals surface area contributed by atoms with Crippen molar-refractivity contribution in [1.82, 2.24) is 4.98 Å². The Kier molecular flexibility index (Phi) is 3.89. The standard InChI is InChI=1S/C14H13NO2S/c1-3-9-17-14(16)12-10(2)15-13(18-12)11-7-5-4-6-8-11/h3-8H,1,9H2,2H3. The number of hydrogen-bond acceptors (Lipinski definition) is 4. The van der Waals surface area contributed by atoms with E-state index in [1.807, 2.05) is 37.3 Å². The number of carbonyl (C=O) groups is 1. The summed E-state index contributed by atoms with van der Waals surface area (Å²) in [5, 5.41) is 0.832. The Labute approximate surface area is 110 Å². The topological polar surface area (TPSA) is 39.2 Å². The van der Waals surface area contributed by atoms with E-state index >= 15 is 0 Å². The molecule has 0 bridgehead atoms. The molecule has 0 aliphatic rings. The number of aromatic nitrogens is 1. The van der Waals surface area contributed by atoms with Crippen LogP contribution in [-0.2, 0) is 4.74 Å². The first-order valence-corrected chi connectivity index (χ1v) is 6.35. The molecule has 0 atom stereocenters. The lowest BCUT2D eigenvalue weighted by atomic mass is 10.2. The van der Waals surface area contributed by atoms with Crippen LogP contribution in [0, 0.1) is 6.92 Å². The van der Waals surface area contributed by atoms with E-state index in [4.69, 9.17) is 4.74 Å². The van der Waals surface area contributed by atoms with Gasteiger partial charge in [-0.3, -0.25) is 0 Å². The lowest BCUT2D eigenvalue weighted by molar-refractivity contribution is 0.0554. The molecule has 1 aromatic heterocycles. The number of esters is 1. The average Bonchev–Trinajstić information content (AvgIpc) is 2.79. The van der Waals surface area contributed by atoms with Crippen LogP contribution >= 0.6 is 11.3 Å². The third-order valence-corrected chi connectivity index (χ3v) is 3.52. The van der Waals surface area contributed by atoms with Crippen LogP contribution in [0.25, 0.3) is 10.6 Å². The van der Waals surface area contributed by atoms with E-state index in [2.05, 4.69) is 11.6 Å². The normalized spacial score (nSPS) is 10.1. The van der Waals surface area contributed by atoms with E-state index in [-0.39, 0.29) is 12.6 Å². The van der Waals surface area contributed by atoms with Gasteiger partial charge in [0.2, 0.25) is 0 Å². The Morgan fingerprint density at radius 2 is 2.17 bits per heavy atom. The minimum Gasteiger partial charge on any atom is -0.457 e. The number of ether oxygens (including phenoxy) is 1. The van der Waals surface area contributed by atoms with E-state index in [0.29, 0.717) is 10.6 Å². The molecule has 0 radical (unpaired) electrons. The van der Waals surface area contributed by atoms with Crippen LogP contribution in [-0.4, -0.2) is 17.6 Å². The summed E-state index contributed by atoms with van der Waals surface area (Å²) in [6.07, 6.45) is 1.55. The molecule has 1 aromatic carbocycles. The first-order chi connectivity index (χ1) is 8.72. The zero-order valence-electron chi connectivity index (χ0n) is 10.1. The molecule has 0 saturated carbocycles. The molecule has 0 aliphatic heterocycles. The summed E-state index contributed by atoms with van der Waals surface area (Å²) >= 11 is 1.35. The number of carbonyl (C=O) groups excluding carboxylic acids is 1. The molecular formula is C14H13NO2S. The van der Waals surface area contributed by atoms with Gasteiger partial charge in [0, 0.05) is 5.56 Å². The molecule has 3 nitrogen and oxygen atoms in total. The molecule has 18 heavy (non-hydrogen) atoms. The van der Waals surface area contributed by atoms with Crippen LogP contribution in [0.3, 0.4) is 0 Å². The number of benzene rings is 1. The molecule has 92 valence electrons. The maximum absolute atomic E-state index is 11.8. The van der Waals surface area contributed by atoms with Gasteiger partial charge >= 0.3 is 5.97 Å². The van der Waals surface area contributed by atoms with Gasteiger partial charge in [-0.05, 0) is 6.92 Å². The molecule has 0 unspecified atom stereocenters. The van der Waals surface area contributed by atoms with Gasteiger partial charge in [0.15, 0.2) is 0 Å². The zero-order valence-corrected chi connectivity index (χ0v) is 10.9. The van der Waals surface area contributed by atoms with Crippen molar-refractivity contribution in [1.29, 1.82) is 0 Å². The minimum absolute atomic E-state index is 0.219. The smallest absolute Gasteiger partial charge is 0.350 e. The summed E-state index contributed by atoms with van der Waals surface area (Å²) in [7, 11) is 0. The van der Waals surface area contributed by atoms with Crippen molar-refractivity contribution < 1.29 is 9.53 Å². The third kappa shape index (κ3) is 2.65. The van der Waals surface area contributed by atoms with E-state index in [9.17, 15) is 4.79 Å². The molecule has 0 fully saturated rings. The fraction of sp³-hybridized carbons (Fsp3) is 0.143. The maximum Gasteiger partial charge on any atom is 0.350 e. The van der Waals surface area contributed by atoms with Gasteiger partial charge in [-0.1, -0.05) is 43.0 Å². The highest BCUT2D eigenvalue weighted by molar-refractivity contribution is 7.17. The Morgan fingerprint density at radius 3 is 2.83 bits per heavy atom. The Balaban J connectivity index is 2.27. The summed E-state index contributed by atoms with van der Waals surface area (Å²) in [6.45, 7) is 5.54. The minimum atomic E-state index is -0.341. The second-order valence-electron chi connectivity index (χ2n) is 3.69. The van der Waals surface area contributed by atoms with E-state index < -0.39 is 0 Å². The van der Waals surface area contributed by atoms with Crippen LogP contribution in [0.4, 0.5) is 0 Å². The van der Waals surface area contributed by atoms with Gasteiger partial charge in [0.05, 0.1) is 5.69 Å². The molecular weight excluding hydrogens is 246 g/mol. The maximum atomic E-state index is 11.8. The van der Waals surface area contributed by atoms with Gasteiger partial charge in [-0.2, -0.15) is 0 Å². The predicted octanol–water partition coefficient (Wildman–Crippen LogP) is 3.46. The van der Waals surface area contributed by atoms with Crippen LogP contribution in [0.1, 0.15) is 15.4 Å². The van der Waals surface area contributed by atoms with E-state index in [1.54, 1.807) is 6.08 Å². The van der Waals surface area contributed by atoms with Crippen molar-refractivity contribution in [2.75, 3.05) is 6.61 Å². The van der Waals surface area contributed by atoms with Crippen molar-refractivity contribution in [3.05, 3.63) is 53.6 Å². The third-order valence-electron chi connectivity index (χ3n) is 2.34. The Morgan fingerprint density at radius 1 is 1.44 bits per heavy atom. The quantitative estimate of drug-likeness (QED) is 0.623. The van der Waals surface area contributed by atoms with Gasteiger partial charge in [0.25, 0.3) is 0 Å². The molecule has 2 aromatic rings. The zero-order chi connectivity index (χ0) is 13.0. The fourth-order valence-corrected chi connectivity index (χ4v) is 2.46. The average molecular weight is 259 g/mol. The number of rotatable bonds is 4. The highest BCUT2D eigenvalue weighted by Crippen LogP contribution is 2.28. The summed E-state index contributed by atoms with van der Waals surface area (Å²) in [4.78, 5) is 16.7. The molecule has 0 saturated heterocycles. The van der Waals surface area contributed by atoms with Gasteiger partial charge < -0.3 is 4.74 Å². The lowest BCUT2D eigenvalue weighted by Gasteiger charge is -1.98. The molecule has 2 rings (SSSR count). The van der Waals surface area contributed by atoms with Crippen molar-refractivity contribution in [2.45, 2.75) is 6.92 Å². The first kappa shape index (κ1) is 12.5. The molecule has 0 aliphatic carbocycles. The van der Waals surface area contributed by atoms with Crippen LogP contribution < -0.4 is 0 Å². The van der Waals surface area contributed by atoms with Gasteiger partial charge in [0.1, 0.15) is 16.5 Å². The Bertz CT molecular complexity index is 560. The van der Waals surface area contributed by atoms with Crippen molar-refractivity contribution in [2.24, 2.45) is 0 Å². The second-order valence-corrected chi connectivity index (χ2v) is 4.69. The monoisotopic (exact) mass is 259 g/mol. The van der Waals surface area contributed by atoms with Crippen LogP contribution in [0.5, 0.6) is 0 Å². The molecule has 1 heterocycles. The number of thiazole rings is 1. The SMILES string of the molecule is C=CCOC(=O)c1sc(-c2ccccc2)nc1C. The van der Waals surface area contributed by atoms with E-state index in [0.717, 1.165) is 10.6 Å². The lowest BCUT2D eigenvalue weighted by Crippen LogP contribution is -2.04. The van der Waals surface area contributed by atoms with Crippen LogP contribution in [0.15, 0.2) is 43.0 Å². The molecule has 0 spiro atoms. The highest BCUT2D eigenvalue weighted by atomic mass is 32.1. The van der Waals surface area contributed by atoms with E-state index in [1.165, 1.54) is 11.3 Å². The van der Waals surface area contributed by atoms with Crippen molar-refractivity contribution in [3.63, 3.8) is 0 Å². The predicted molar refractivity (Wildman–Crippen MR) is 72.8 cm³/mol. The summed E-state index contributed by atoms with van der Waals surface area (Å²) in [6, 6.07) is 9.78. The second kappa shape index (κ2) is 5.60. The molecule has 0 amide bonds. The number of aryl methyl sites for hydroxylation is 1. The number of hydrogen-bond donors (Lipinski definition) is 0. The summed E-state index contributed by atoms with van der Waals surface area (Å²) < 4.78 is 5.02. The largest absolute Gasteiger partial charge is 0.457 e. The molecule has 4 heteroatoms. The van der Waals surface area contributed by atoms with Crippen molar-refractivity contribution in [3.8, 4) is 10.6 Å². The molecule has 0 N–H and O–H groups in total. The summed E-state index contributed by atoms with van der Waals surface area (Å²) in [5.41, 5.74) is 1.71.